The van der Waals surface area contributed by atoms with Gasteiger partial charge in [-0.1, -0.05) is 75.8 Å². The molecule has 2 rings (SSSR count). The Bertz CT molecular complexity index is 770. The Morgan fingerprint density at radius 2 is 1.50 bits per heavy atom. The summed E-state index contributed by atoms with van der Waals surface area (Å²) in [6.07, 6.45) is 9.01. The van der Waals surface area contributed by atoms with Crippen molar-refractivity contribution in [2.75, 3.05) is 0 Å². The summed E-state index contributed by atoms with van der Waals surface area (Å²) in [6, 6.07) is 13.9. The third kappa shape index (κ3) is 6.46. The van der Waals surface area contributed by atoms with E-state index >= 15 is 0 Å². The Balaban J connectivity index is 2.10. The summed E-state index contributed by atoms with van der Waals surface area (Å²) >= 11 is 0. The van der Waals surface area contributed by atoms with E-state index in [0.29, 0.717) is 5.75 Å². The normalized spacial score (nSPS) is 11.5. The van der Waals surface area contributed by atoms with Crippen LogP contribution < -0.4 is 4.74 Å². The number of aryl methyl sites for hydroxylation is 1. The highest BCUT2D eigenvalue weighted by Crippen LogP contribution is 2.33. The minimum Gasteiger partial charge on any atom is -0.456 e. The lowest BCUT2D eigenvalue weighted by Crippen LogP contribution is -2.04. The Hall–Kier alpha value is -1.85. The second-order valence-corrected chi connectivity index (χ2v) is 7.90. The van der Waals surface area contributed by atoms with E-state index in [2.05, 4.69) is 6.92 Å². The molecule has 2 aromatic carbocycles. The molecule has 0 amide bonds. The molecule has 0 spiro atoms. The lowest BCUT2D eigenvalue weighted by atomic mass is 10.0. The summed E-state index contributed by atoms with van der Waals surface area (Å²) in [4.78, 5) is -0.179. The van der Waals surface area contributed by atoms with Gasteiger partial charge in [0.1, 0.15) is 10.6 Å². The average molecular weight is 377 g/mol. The average Bonchev–Trinajstić information content (AvgIpc) is 2.62. The number of para-hydroxylation sites is 2. The summed E-state index contributed by atoms with van der Waals surface area (Å²) in [5.74, 6) is 0.775. The molecule has 0 aliphatic rings. The zero-order valence-corrected chi connectivity index (χ0v) is 16.2. The zero-order chi connectivity index (χ0) is 18.8. The molecule has 0 aliphatic heterocycles. The largest absolute Gasteiger partial charge is 0.456 e. The van der Waals surface area contributed by atoms with E-state index in [9.17, 15) is 13.0 Å². The van der Waals surface area contributed by atoms with Gasteiger partial charge >= 0.3 is 0 Å². The predicted octanol–water partition coefficient (Wildman–Crippen LogP) is 6.02. The van der Waals surface area contributed by atoms with Gasteiger partial charge in [-0.15, -0.1) is 0 Å². The summed E-state index contributed by atoms with van der Waals surface area (Å²) < 4.78 is 38.9. The maximum absolute atomic E-state index is 11.7. The molecule has 0 aromatic heterocycles. The molecule has 5 heteroatoms. The minimum atomic E-state index is -4.35. The van der Waals surface area contributed by atoms with Gasteiger partial charge in [0, 0.05) is 0 Å². The Morgan fingerprint density at radius 3 is 2.15 bits per heavy atom. The fourth-order valence-electron chi connectivity index (χ4n) is 2.96. The van der Waals surface area contributed by atoms with Crippen LogP contribution in [0.25, 0.3) is 0 Å². The Kier molecular flexibility index (Phi) is 8.13. The van der Waals surface area contributed by atoms with Crippen molar-refractivity contribution < 1.29 is 17.7 Å². The van der Waals surface area contributed by atoms with Crippen molar-refractivity contribution in [1.82, 2.24) is 0 Å². The topological polar surface area (TPSA) is 63.6 Å². The van der Waals surface area contributed by atoms with Crippen LogP contribution in [0.3, 0.4) is 0 Å². The number of hydrogen-bond donors (Lipinski definition) is 1. The lowest BCUT2D eigenvalue weighted by Gasteiger charge is -2.14. The van der Waals surface area contributed by atoms with E-state index in [0.717, 1.165) is 24.8 Å². The van der Waals surface area contributed by atoms with Crippen LogP contribution in [0.15, 0.2) is 53.4 Å². The second kappa shape index (κ2) is 10.3. The van der Waals surface area contributed by atoms with Crippen molar-refractivity contribution in [1.29, 1.82) is 0 Å². The summed E-state index contributed by atoms with van der Waals surface area (Å²) in [5.41, 5.74) is 0.803. The third-order valence-corrected chi connectivity index (χ3v) is 5.23. The molecule has 0 fully saturated rings. The lowest BCUT2D eigenvalue weighted by molar-refractivity contribution is 0.444. The van der Waals surface area contributed by atoms with Crippen LogP contribution in [0.5, 0.6) is 11.5 Å². The van der Waals surface area contributed by atoms with Crippen molar-refractivity contribution in [2.24, 2.45) is 0 Å². The second-order valence-electron chi connectivity index (χ2n) is 6.51. The predicted molar refractivity (Wildman–Crippen MR) is 104 cm³/mol. The van der Waals surface area contributed by atoms with Crippen molar-refractivity contribution in [3.63, 3.8) is 0 Å². The molecule has 0 heterocycles. The molecular formula is C21H28O4S. The standard InChI is InChI=1S/C21H28O4S/c1-2-3-4-5-6-7-9-13-18-14-12-17-20(26(22,23)24)21(18)25-19-15-10-8-11-16-19/h8,10-12,14-17H,2-7,9,13H2,1H3,(H,22,23,24). The van der Waals surface area contributed by atoms with Gasteiger partial charge < -0.3 is 4.74 Å². The van der Waals surface area contributed by atoms with Gasteiger partial charge in [0.05, 0.1) is 0 Å². The number of hydrogen-bond acceptors (Lipinski definition) is 3. The van der Waals surface area contributed by atoms with E-state index in [-0.39, 0.29) is 10.6 Å². The smallest absolute Gasteiger partial charge is 0.298 e. The molecule has 142 valence electrons. The van der Waals surface area contributed by atoms with Gasteiger partial charge in [-0.2, -0.15) is 8.42 Å². The highest BCUT2D eigenvalue weighted by atomic mass is 32.2. The van der Waals surface area contributed by atoms with Crippen LogP contribution in [-0.2, 0) is 16.5 Å². The van der Waals surface area contributed by atoms with Crippen LogP contribution in [0, 0.1) is 0 Å². The molecule has 0 atom stereocenters. The summed E-state index contributed by atoms with van der Waals surface area (Å²) in [5, 5.41) is 0. The first kappa shape index (κ1) is 20.5. The monoisotopic (exact) mass is 376 g/mol. The summed E-state index contributed by atoms with van der Waals surface area (Å²) in [6.45, 7) is 2.20. The van der Waals surface area contributed by atoms with Crippen LogP contribution in [0.1, 0.15) is 57.4 Å². The maximum atomic E-state index is 11.7. The first-order chi connectivity index (χ1) is 12.5. The van der Waals surface area contributed by atoms with E-state index in [1.807, 2.05) is 24.3 Å². The fraction of sp³-hybridized carbons (Fsp3) is 0.429. The van der Waals surface area contributed by atoms with Gasteiger partial charge in [-0.3, -0.25) is 4.55 Å². The summed E-state index contributed by atoms with van der Waals surface area (Å²) in [7, 11) is -4.35. The SMILES string of the molecule is CCCCCCCCCc1cccc(S(=O)(=O)O)c1Oc1ccccc1. The van der Waals surface area contributed by atoms with Crippen LogP contribution in [0.4, 0.5) is 0 Å². The molecule has 4 nitrogen and oxygen atoms in total. The van der Waals surface area contributed by atoms with Crippen molar-refractivity contribution in [2.45, 2.75) is 63.2 Å². The first-order valence-electron chi connectivity index (χ1n) is 9.34. The van der Waals surface area contributed by atoms with Crippen molar-refractivity contribution in [3.05, 3.63) is 54.1 Å². The van der Waals surface area contributed by atoms with Crippen molar-refractivity contribution in [3.8, 4) is 11.5 Å². The van der Waals surface area contributed by atoms with E-state index < -0.39 is 10.1 Å². The van der Waals surface area contributed by atoms with Gasteiger partial charge in [-0.05, 0) is 36.6 Å². The quantitative estimate of drug-likeness (QED) is 0.385. The highest BCUT2D eigenvalue weighted by molar-refractivity contribution is 7.86. The molecule has 0 saturated heterocycles. The molecular weight excluding hydrogens is 348 g/mol. The van der Waals surface area contributed by atoms with Gasteiger partial charge in [0.2, 0.25) is 0 Å². The van der Waals surface area contributed by atoms with Crippen molar-refractivity contribution >= 4 is 10.1 Å². The van der Waals surface area contributed by atoms with Crippen LogP contribution >= 0.6 is 0 Å². The maximum Gasteiger partial charge on any atom is 0.298 e. The molecule has 2 aromatic rings. The molecule has 0 aliphatic carbocycles. The van der Waals surface area contributed by atoms with E-state index in [1.54, 1.807) is 18.2 Å². The molecule has 0 unspecified atom stereocenters. The number of rotatable bonds is 11. The molecule has 1 N–H and O–H groups in total. The van der Waals surface area contributed by atoms with Gasteiger partial charge in [0.25, 0.3) is 10.1 Å². The first-order valence-corrected chi connectivity index (χ1v) is 10.8. The molecule has 0 saturated carbocycles. The Morgan fingerprint density at radius 1 is 0.846 bits per heavy atom. The van der Waals surface area contributed by atoms with E-state index in [4.69, 9.17) is 4.74 Å². The van der Waals surface area contributed by atoms with Gasteiger partial charge in [-0.25, -0.2) is 0 Å². The Labute approximate surface area is 157 Å². The van der Waals surface area contributed by atoms with E-state index in [1.165, 1.54) is 38.2 Å². The fourth-order valence-corrected chi connectivity index (χ4v) is 3.61. The minimum absolute atomic E-state index is 0.179. The zero-order valence-electron chi connectivity index (χ0n) is 15.4. The number of unbranched alkanes of at least 4 members (excludes halogenated alkanes) is 6. The number of ether oxygens (including phenoxy) is 1. The molecule has 0 radical (unpaired) electrons. The third-order valence-electron chi connectivity index (χ3n) is 4.35. The number of benzene rings is 2. The molecule has 0 bridgehead atoms. The van der Waals surface area contributed by atoms with Crippen LogP contribution in [0.2, 0.25) is 0 Å². The van der Waals surface area contributed by atoms with Crippen LogP contribution in [-0.4, -0.2) is 13.0 Å². The highest BCUT2D eigenvalue weighted by Gasteiger charge is 2.20. The van der Waals surface area contributed by atoms with Gasteiger partial charge in [0.15, 0.2) is 5.75 Å². The molecule has 26 heavy (non-hydrogen) atoms.